The number of carbonyl (C=O) groups excluding carboxylic acids is 4. The molecule has 0 unspecified atom stereocenters. The van der Waals surface area contributed by atoms with Crippen LogP contribution in [0, 0.1) is 17.8 Å². The summed E-state index contributed by atoms with van der Waals surface area (Å²) in [4.78, 5) is 82.5. The number of aliphatic hydroxyl groups is 1. The molecule has 7 N–H and O–H groups in total. The predicted molar refractivity (Wildman–Crippen MR) is 282 cm³/mol. The summed E-state index contributed by atoms with van der Waals surface area (Å²) in [6.45, 7) is 12.1. The van der Waals surface area contributed by atoms with E-state index in [9.17, 15) is 37.5 Å². The number of hydrogen-bond donors (Lipinski definition) is 6. The summed E-state index contributed by atoms with van der Waals surface area (Å²) in [5, 5.41) is 20.9. The largest absolute Gasteiger partial charge is 0.391 e. The maximum absolute atomic E-state index is 14.3. The summed E-state index contributed by atoms with van der Waals surface area (Å²) in [5.74, 6) is -2.09. The second kappa shape index (κ2) is 20.4. The molecular weight excluding hydrogens is 969 g/mol. The van der Waals surface area contributed by atoms with Crippen molar-refractivity contribution in [3.8, 4) is 21.6 Å². The van der Waals surface area contributed by atoms with Gasteiger partial charge >= 0.3 is 0 Å². The molecule has 0 bridgehead atoms. The van der Waals surface area contributed by atoms with Gasteiger partial charge in [0.15, 0.2) is 9.84 Å². The number of pyridine rings is 1. The Bertz CT molecular complexity index is 3120. The number of nitrogens with one attached hydrogen (secondary N) is 4. The first-order chi connectivity index (χ1) is 34.6. The van der Waals surface area contributed by atoms with Gasteiger partial charge in [-0.3, -0.25) is 28.9 Å². The molecule has 0 saturated carbocycles. The van der Waals surface area contributed by atoms with Crippen LogP contribution in [0.2, 0.25) is 0 Å². The molecule has 7 heterocycles. The Kier molecular flexibility index (Phi) is 14.5. The number of piperidine rings is 2. The molecule has 4 aliphatic heterocycles. The second-order valence-corrected chi connectivity index (χ2v) is 24.9. The van der Waals surface area contributed by atoms with Crippen molar-refractivity contribution in [3.05, 3.63) is 92.1 Å². The number of aliphatic hydroxyl groups excluding tert-OH is 1. The van der Waals surface area contributed by atoms with E-state index in [2.05, 4.69) is 35.7 Å². The van der Waals surface area contributed by atoms with Gasteiger partial charge in [-0.2, -0.15) is 0 Å². The molecule has 5 aromatic rings. The summed E-state index contributed by atoms with van der Waals surface area (Å²) in [6, 6.07) is 7.75. The van der Waals surface area contributed by atoms with Crippen LogP contribution in [0.5, 0.6) is 0 Å². The molecule has 4 amide bonds. The summed E-state index contributed by atoms with van der Waals surface area (Å²) in [6.07, 6.45) is 8.16. The zero-order valence-electron chi connectivity index (χ0n) is 42.6. The molecule has 390 valence electrons. The first-order valence-electron chi connectivity index (χ1n) is 25.2. The van der Waals surface area contributed by atoms with Crippen LogP contribution in [0.4, 0.5) is 5.69 Å². The molecule has 3 aromatic heterocycles. The number of primary amides is 1. The lowest BCUT2D eigenvalue weighted by Gasteiger charge is -2.47. The number of fused-ring (bicyclic) bond motifs is 2. The van der Waals surface area contributed by atoms with Crippen molar-refractivity contribution in [2.24, 2.45) is 23.6 Å². The second-order valence-electron chi connectivity index (χ2n) is 21.9. The van der Waals surface area contributed by atoms with Crippen LogP contribution in [0.1, 0.15) is 91.2 Å². The van der Waals surface area contributed by atoms with Crippen LogP contribution >= 0.6 is 11.3 Å². The van der Waals surface area contributed by atoms with Gasteiger partial charge in [0.1, 0.15) is 17.6 Å². The first kappa shape index (κ1) is 52.0. The standard InChI is InChI=1S/C53H68N10O8S2/c1-31-46(72-30-58-31)33-9-7-32(8-10-33)23-57-49(67)41-21-35(64)26-63(41)51(69)47(52(2,3)4)59-42(65)28-62-19-14-53(15-20-62)12-17-61(18-13-53)16-11-36-39(29-73(6,70)71)37(48(54)66)22-40-44(36)38-27-60(5)50(68)45-43(38)34(24-55-40)25-56-45/h7-10,22,25,27,30,35,41,47,55-56,64H,11-21,23-24,26,28-29H2,1-6H3,(H2,54,66)(H,57,67)(H,59,65)/t35-,41+,47-/m1/s1. The van der Waals surface area contributed by atoms with Gasteiger partial charge in [-0.05, 0) is 110 Å². The number of hydrogen-bond acceptors (Lipinski definition) is 13. The number of aromatic nitrogens is 3. The molecule has 3 saturated heterocycles. The van der Waals surface area contributed by atoms with Gasteiger partial charge in [-0.15, -0.1) is 11.3 Å². The summed E-state index contributed by atoms with van der Waals surface area (Å²) < 4.78 is 27.5. The van der Waals surface area contributed by atoms with Gasteiger partial charge in [0.2, 0.25) is 23.6 Å². The lowest BCUT2D eigenvalue weighted by atomic mass is 9.71. The van der Waals surface area contributed by atoms with Crippen LogP contribution in [0.15, 0.2) is 53.0 Å². The third-order valence-electron chi connectivity index (χ3n) is 15.6. The molecule has 1 spiro atoms. The molecule has 9 rings (SSSR count). The molecule has 18 nitrogen and oxygen atoms in total. The number of nitrogens with two attached hydrogens (primary N) is 1. The van der Waals surface area contributed by atoms with Gasteiger partial charge in [0, 0.05) is 86.1 Å². The highest BCUT2D eigenvalue weighted by molar-refractivity contribution is 7.89. The highest BCUT2D eigenvalue weighted by Crippen LogP contribution is 2.45. The van der Waals surface area contributed by atoms with E-state index in [0.29, 0.717) is 36.3 Å². The first-order valence-corrected chi connectivity index (χ1v) is 28.1. The van der Waals surface area contributed by atoms with E-state index in [1.54, 1.807) is 30.6 Å². The number of aryl methyl sites for hydroxylation is 2. The van der Waals surface area contributed by atoms with E-state index >= 15 is 0 Å². The number of benzene rings is 2. The Morgan fingerprint density at radius 2 is 1.71 bits per heavy atom. The molecule has 3 atom stereocenters. The molecule has 0 radical (unpaired) electrons. The van der Waals surface area contributed by atoms with E-state index in [1.807, 2.05) is 63.7 Å². The van der Waals surface area contributed by atoms with Crippen molar-refractivity contribution < 1.29 is 32.7 Å². The number of H-pyrrole nitrogens is 1. The van der Waals surface area contributed by atoms with Crippen LogP contribution in [-0.4, -0.2) is 137 Å². The lowest BCUT2D eigenvalue weighted by Crippen LogP contribution is -2.59. The Morgan fingerprint density at radius 3 is 2.34 bits per heavy atom. The molecule has 0 aliphatic carbocycles. The molecule has 73 heavy (non-hydrogen) atoms. The van der Waals surface area contributed by atoms with Crippen molar-refractivity contribution >= 4 is 61.4 Å². The summed E-state index contributed by atoms with van der Waals surface area (Å²) in [5.41, 5.74) is 14.8. The van der Waals surface area contributed by atoms with E-state index < -0.39 is 45.3 Å². The molecule has 20 heteroatoms. The van der Waals surface area contributed by atoms with Crippen molar-refractivity contribution in [1.82, 2.24) is 39.9 Å². The van der Waals surface area contributed by atoms with Gasteiger partial charge < -0.3 is 46.1 Å². The molecule has 2 aromatic carbocycles. The smallest absolute Gasteiger partial charge is 0.274 e. The fraction of sp³-hybridized carbons (Fsp3) is 0.509. The van der Waals surface area contributed by atoms with Gasteiger partial charge in [0.25, 0.3) is 5.56 Å². The summed E-state index contributed by atoms with van der Waals surface area (Å²) in [7, 11) is -1.91. The Hall–Kier alpha value is -5.93. The highest BCUT2D eigenvalue weighted by atomic mass is 32.2. The normalized spacial score (nSPS) is 19.6. The number of carbonyl (C=O) groups is 4. The van der Waals surface area contributed by atoms with Gasteiger partial charge in [-0.1, -0.05) is 45.0 Å². The zero-order valence-corrected chi connectivity index (χ0v) is 44.2. The Balaban J connectivity index is 0.809. The van der Waals surface area contributed by atoms with Crippen LogP contribution in [-0.2, 0) is 56.5 Å². The number of amides is 4. The Labute approximate surface area is 430 Å². The quantitative estimate of drug-likeness (QED) is 0.0923. The van der Waals surface area contributed by atoms with Crippen molar-refractivity contribution in [2.45, 2.75) is 103 Å². The third kappa shape index (κ3) is 11.0. The van der Waals surface area contributed by atoms with Crippen molar-refractivity contribution in [1.29, 1.82) is 0 Å². The number of thiazole rings is 1. The topological polar surface area (TPSA) is 245 Å². The van der Waals surface area contributed by atoms with Gasteiger partial charge in [-0.25, -0.2) is 13.4 Å². The monoisotopic (exact) mass is 1040 g/mol. The molecule has 3 fully saturated rings. The lowest BCUT2D eigenvalue weighted by molar-refractivity contribution is -0.144. The number of sulfone groups is 1. The number of likely N-dealkylation sites (tertiary alicyclic amines) is 3. The van der Waals surface area contributed by atoms with Gasteiger partial charge in [0.05, 0.1) is 34.5 Å². The SMILES string of the molecule is Cc1ncsc1-c1ccc(CNC(=O)[C@@H]2C[C@@H](O)CN2C(=O)[C@@H](NC(=O)CN2CCC3(CCN(CCc4c(CS(C)(=O)=O)c(C(N)=O)cc5c4-c4cn(C)c(=O)c6[nH]cc(c46)CN5)CC3)CC2)C(C)(C)C)cc1. The number of anilines is 1. The predicted octanol–water partition coefficient (Wildman–Crippen LogP) is 4.06. The van der Waals surface area contributed by atoms with Crippen LogP contribution in [0.3, 0.4) is 0 Å². The van der Waals surface area contributed by atoms with Crippen LogP contribution < -0.4 is 27.2 Å². The number of rotatable bonds is 14. The molecule has 4 aliphatic rings. The van der Waals surface area contributed by atoms with E-state index in [-0.39, 0.29) is 60.2 Å². The minimum Gasteiger partial charge on any atom is -0.391 e. The minimum atomic E-state index is -3.60. The third-order valence-corrected chi connectivity index (χ3v) is 17.4. The molecular formula is C53H68N10O8S2. The van der Waals surface area contributed by atoms with Crippen molar-refractivity contribution in [3.63, 3.8) is 0 Å². The Morgan fingerprint density at radius 1 is 1.03 bits per heavy atom. The maximum Gasteiger partial charge on any atom is 0.274 e. The minimum absolute atomic E-state index is 0.00495. The average molecular weight is 1040 g/mol. The zero-order chi connectivity index (χ0) is 52.1. The van der Waals surface area contributed by atoms with Crippen LogP contribution in [0.25, 0.3) is 32.5 Å². The van der Waals surface area contributed by atoms with E-state index in [4.69, 9.17) is 5.73 Å². The number of aromatic amines is 1. The fourth-order valence-electron chi connectivity index (χ4n) is 11.5. The van der Waals surface area contributed by atoms with E-state index in [0.717, 1.165) is 107 Å². The summed E-state index contributed by atoms with van der Waals surface area (Å²) >= 11 is 1.57. The fourth-order valence-corrected chi connectivity index (χ4v) is 13.2. The van der Waals surface area contributed by atoms with Crippen molar-refractivity contribution in [2.75, 3.05) is 57.4 Å². The van der Waals surface area contributed by atoms with E-state index in [1.165, 1.54) is 9.47 Å². The number of nitrogens with zero attached hydrogens (tertiary/aromatic N) is 5. The highest BCUT2D eigenvalue weighted by Gasteiger charge is 2.45. The number of β-amino-alcohol motifs (C(OH)–C–C–N with tert-alkyl or cyclic N) is 1. The average Bonchev–Trinajstić information content (AvgIpc) is 4.06. The maximum atomic E-state index is 14.3.